The van der Waals surface area contributed by atoms with Crippen molar-refractivity contribution in [1.82, 2.24) is 4.90 Å². The number of hydrogen-bond acceptors (Lipinski definition) is 2. The molecule has 2 aliphatic rings. The van der Waals surface area contributed by atoms with Gasteiger partial charge in [0.1, 0.15) is 0 Å². The third-order valence-electron chi connectivity index (χ3n) is 5.35. The summed E-state index contributed by atoms with van der Waals surface area (Å²) in [5.74, 6) is 0. The first kappa shape index (κ1) is 15.7. The Morgan fingerprint density at radius 1 is 1.00 bits per heavy atom. The molecule has 0 unspecified atom stereocenters. The Bertz CT molecular complexity index is 502. The van der Waals surface area contributed by atoms with Crippen LogP contribution in [0.25, 0.3) is 0 Å². The molecule has 0 bridgehead atoms. The molecule has 1 spiro atoms. The summed E-state index contributed by atoms with van der Waals surface area (Å²) in [4.78, 5) is 4.73. The molecule has 2 aliphatic heterocycles. The van der Waals surface area contributed by atoms with Gasteiger partial charge in [0.15, 0.2) is 0 Å². The predicted molar refractivity (Wildman–Crippen MR) is 82.1 cm³/mol. The van der Waals surface area contributed by atoms with E-state index in [2.05, 4.69) is 16.7 Å². The van der Waals surface area contributed by atoms with Crippen molar-refractivity contribution in [2.75, 3.05) is 37.6 Å². The second-order valence-corrected chi connectivity index (χ2v) is 6.65. The lowest BCUT2D eigenvalue weighted by molar-refractivity contribution is -0.137. The summed E-state index contributed by atoms with van der Waals surface area (Å²) >= 11 is 0. The highest BCUT2D eigenvalue weighted by Gasteiger charge is 2.40. The van der Waals surface area contributed by atoms with Crippen LogP contribution in [0.5, 0.6) is 0 Å². The van der Waals surface area contributed by atoms with Crippen LogP contribution >= 0.6 is 0 Å². The molecule has 0 aliphatic carbocycles. The highest BCUT2D eigenvalue weighted by atomic mass is 19.4. The lowest BCUT2D eigenvalue weighted by Crippen LogP contribution is -2.41. The maximum Gasteiger partial charge on any atom is 0.416 e. The van der Waals surface area contributed by atoms with Crippen LogP contribution in [0.1, 0.15) is 31.7 Å². The summed E-state index contributed by atoms with van der Waals surface area (Å²) in [5, 5.41) is 0. The first-order valence-electron chi connectivity index (χ1n) is 8.06. The number of hydrogen-bond donors (Lipinski definition) is 0. The van der Waals surface area contributed by atoms with Gasteiger partial charge in [0.05, 0.1) is 5.56 Å². The molecule has 2 saturated heterocycles. The SMILES string of the molecule is CCN1CCC2(CCN(c3ccc(C(F)(F)F)cc3)CC2)C1. The lowest BCUT2D eigenvalue weighted by atomic mass is 9.77. The Hall–Kier alpha value is -1.23. The summed E-state index contributed by atoms with van der Waals surface area (Å²) in [6, 6.07) is 5.59. The van der Waals surface area contributed by atoms with Gasteiger partial charge >= 0.3 is 6.18 Å². The number of alkyl halides is 3. The van der Waals surface area contributed by atoms with E-state index in [1.54, 1.807) is 12.1 Å². The second kappa shape index (κ2) is 5.76. The van der Waals surface area contributed by atoms with Crippen LogP contribution in [-0.4, -0.2) is 37.6 Å². The van der Waals surface area contributed by atoms with Gasteiger partial charge in [-0.15, -0.1) is 0 Å². The van der Waals surface area contributed by atoms with Gasteiger partial charge in [-0.2, -0.15) is 13.2 Å². The van der Waals surface area contributed by atoms with E-state index in [0.29, 0.717) is 5.41 Å². The molecule has 22 heavy (non-hydrogen) atoms. The molecule has 0 N–H and O–H groups in total. The van der Waals surface area contributed by atoms with Crippen LogP contribution < -0.4 is 4.90 Å². The van der Waals surface area contributed by atoms with Crippen LogP contribution in [-0.2, 0) is 6.18 Å². The summed E-state index contributed by atoms with van der Waals surface area (Å²) < 4.78 is 37.8. The minimum absolute atomic E-state index is 0.443. The quantitative estimate of drug-likeness (QED) is 0.814. The molecule has 5 heteroatoms. The van der Waals surface area contributed by atoms with E-state index in [9.17, 15) is 13.2 Å². The van der Waals surface area contributed by atoms with Crippen molar-refractivity contribution in [3.8, 4) is 0 Å². The molecule has 1 aromatic rings. The summed E-state index contributed by atoms with van der Waals surface area (Å²) in [5.41, 5.74) is 0.783. The van der Waals surface area contributed by atoms with Crippen molar-refractivity contribution in [3.63, 3.8) is 0 Å². The topological polar surface area (TPSA) is 6.48 Å². The van der Waals surface area contributed by atoms with Gasteiger partial charge in [0, 0.05) is 25.3 Å². The zero-order valence-corrected chi connectivity index (χ0v) is 13.0. The van der Waals surface area contributed by atoms with Gasteiger partial charge < -0.3 is 9.80 Å². The normalized spacial score (nSPS) is 22.5. The Kier molecular flexibility index (Phi) is 4.10. The van der Waals surface area contributed by atoms with Gasteiger partial charge in [-0.05, 0) is 62.0 Å². The van der Waals surface area contributed by atoms with E-state index in [1.807, 2.05) is 0 Å². The van der Waals surface area contributed by atoms with E-state index in [0.717, 1.165) is 38.2 Å². The van der Waals surface area contributed by atoms with Crippen molar-refractivity contribution in [3.05, 3.63) is 29.8 Å². The molecule has 0 aromatic heterocycles. The Morgan fingerprint density at radius 3 is 2.09 bits per heavy atom. The number of halogens is 3. The molecule has 2 heterocycles. The molecule has 0 amide bonds. The van der Waals surface area contributed by atoms with Crippen LogP contribution in [0.2, 0.25) is 0 Å². The first-order chi connectivity index (χ1) is 10.4. The molecule has 0 radical (unpaired) electrons. The zero-order valence-electron chi connectivity index (χ0n) is 13.0. The molecule has 1 aromatic carbocycles. The molecule has 122 valence electrons. The molecular weight excluding hydrogens is 289 g/mol. The largest absolute Gasteiger partial charge is 0.416 e. The van der Waals surface area contributed by atoms with E-state index in [1.165, 1.54) is 31.6 Å². The van der Waals surface area contributed by atoms with Crippen LogP contribution in [0.3, 0.4) is 0 Å². The number of piperidine rings is 1. The lowest BCUT2D eigenvalue weighted by Gasteiger charge is -2.40. The van der Waals surface area contributed by atoms with Gasteiger partial charge in [-0.1, -0.05) is 6.92 Å². The van der Waals surface area contributed by atoms with E-state index < -0.39 is 11.7 Å². The summed E-state index contributed by atoms with van der Waals surface area (Å²) in [6.45, 7) is 7.59. The second-order valence-electron chi connectivity index (χ2n) is 6.65. The highest BCUT2D eigenvalue weighted by molar-refractivity contribution is 5.48. The van der Waals surface area contributed by atoms with Crippen LogP contribution in [0.4, 0.5) is 18.9 Å². The monoisotopic (exact) mass is 312 g/mol. The number of anilines is 1. The standard InChI is InChI=1S/C17H23F3N2/c1-2-21-10-7-16(13-21)8-11-22(12-9-16)15-5-3-14(4-6-15)17(18,19)20/h3-6H,2,7-13H2,1H3. The van der Waals surface area contributed by atoms with Gasteiger partial charge in [-0.25, -0.2) is 0 Å². The Morgan fingerprint density at radius 2 is 1.59 bits per heavy atom. The fraction of sp³-hybridized carbons (Fsp3) is 0.647. The van der Waals surface area contributed by atoms with E-state index in [4.69, 9.17) is 0 Å². The fourth-order valence-corrected chi connectivity index (χ4v) is 3.81. The molecule has 2 fully saturated rings. The molecule has 0 saturated carbocycles. The number of likely N-dealkylation sites (tertiary alicyclic amines) is 1. The molecule has 3 rings (SSSR count). The predicted octanol–water partition coefficient (Wildman–Crippen LogP) is 4.02. The smallest absolute Gasteiger partial charge is 0.371 e. The summed E-state index contributed by atoms with van der Waals surface area (Å²) in [7, 11) is 0. The first-order valence-corrected chi connectivity index (χ1v) is 8.06. The number of rotatable bonds is 2. The van der Waals surface area contributed by atoms with Gasteiger partial charge in [0.25, 0.3) is 0 Å². The van der Waals surface area contributed by atoms with Crippen molar-refractivity contribution < 1.29 is 13.2 Å². The average Bonchev–Trinajstić information content (AvgIpc) is 2.90. The van der Waals surface area contributed by atoms with E-state index >= 15 is 0 Å². The highest BCUT2D eigenvalue weighted by Crippen LogP contribution is 2.41. The van der Waals surface area contributed by atoms with Crippen LogP contribution in [0, 0.1) is 5.41 Å². The third-order valence-corrected chi connectivity index (χ3v) is 5.35. The van der Waals surface area contributed by atoms with Crippen molar-refractivity contribution >= 4 is 5.69 Å². The average molecular weight is 312 g/mol. The fourth-order valence-electron chi connectivity index (χ4n) is 3.81. The van der Waals surface area contributed by atoms with E-state index in [-0.39, 0.29) is 0 Å². The maximum absolute atomic E-state index is 12.6. The third kappa shape index (κ3) is 3.09. The molecular formula is C17H23F3N2. The number of benzene rings is 1. The van der Waals surface area contributed by atoms with Crippen molar-refractivity contribution in [2.24, 2.45) is 5.41 Å². The zero-order chi connectivity index (χ0) is 15.8. The Labute approximate surface area is 129 Å². The number of nitrogens with zero attached hydrogens (tertiary/aromatic N) is 2. The Balaban J connectivity index is 1.62. The molecule has 2 nitrogen and oxygen atoms in total. The summed E-state index contributed by atoms with van der Waals surface area (Å²) in [6.07, 6.45) is -0.700. The van der Waals surface area contributed by atoms with Crippen molar-refractivity contribution in [1.29, 1.82) is 0 Å². The van der Waals surface area contributed by atoms with Crippen LogP contribution in [0.15, 0.2) is 24.3 Å². The minimum Gasteiger partial charge on any atom is -0.371 e. The van der Waals surface area contributed by atoms with Gasteiger partial charge in [0.2, 0.25) is 0 Å². The molecule has 0 atom stereocenters. The van der Waals surface area contributed by atoms with Gasteiger partial charge in [-0.3, -0.25) is 0 Å². The minimum atomic E-state index is -4.25. The van der Waals surface area contributed by atoms with Crippen molar-refractivity contribution in [2.45, 2.75) is 32.4 Å². The maximum atomic E-state index is 12.6.